The van der Waals surface area contributed by atoms with E-state index in [0.29, 0.717) is 35.8 Å². The molecule has 0 heterocycles. The first kappa shape index (κ1) is 21.2. The first-order valence-electron chi connectivity index (χ1n) is 8.39. The maximum absolute atomic E-state index is 12.2. The van der Waals surface area contributed by atoms with E-state index in [-0.39, 0.29) is 10.6 Å². The van der Waals surface area contributed by atoms with Crippen molar-refractivity contribution < 1.29 is 23.8 Å². The Labute approximate surface area is 167 Å². The number of hydrogen-bond donors (Lipinski definition) is 1. The molecule has 2 aromatic rings. The van der Waals surface area contributed by atoms with E-state index >= 15 is 0 Å². The molecule has 1 amide bonds. The number of carbonyl (C=O) groups is 2. The zero-order valence-corrected chi connectivity index (χ0v) is 16.2. The van der Waals surface area contributed by atoms with Crippen LogP contribution < -0.4 is 10.1 Å². The number of nitrogens with zero attached hydrogens (tertiary/aromatic N) is 1. The van der Waals surface area contributed by atoms with Crippen LogP contribution in [0.25, 0.3) is 0 Å². The van der Waals surface area contributed by atoms with Crippen molar-refractivity contribution in [2.75, 3.05) is 25.6 Å². The Morgan fingerprint density at radius 1 is 1.21 bits per heavy atom. The zero-order chi connectivity index (χ0) is 20.5. The van der Waals surface area contributed by atoms with Gasteiger partial charge >= 0.3 is 5.97 Å². The molecule has 2 rings (SSSR count). The second-order valence-corrected chi connectivity index (χ2v) is 6.00. The first-order chi connectivity index (χ1) is 13.5. The molecule has 0 fully saturated rings. The minimum atomic E-state index is -0.645. The van der Waals surface area contributed by atoms with E-state index in [1.165, 1.54) is 25.3 Å². The predicted molar refractivity (Wildman–Crippen MR) is 103 cm³/mol. The van der Waals surface area contributed by atoms with Crippen molar-refractivity contribution in [1.29, 1.82) is 5.26 Å². The van der Waals surface area contributed by atoms with Gasteiger partial charge in [-0.15, -0.1) is 0 Å². The number of hydrogen-bond acceptors (Lipinski definition) is 6. The van der Waals surface area contributed by atoms with E-state index < -0.39 is 18.5 Å². The third-order valence-electron chi connectivity index (χ3n) is 3.69. The second kappa shape index (κ2) is 10.3. The maximum atomic E-state index is 12.2. The van der Waals surface area contributed by atoms with Crippen LogP contribution in [0.2, 0.25) is 5.02 Å². The smallest absolute Gasteiger partial charge is 0.338 e. The van der Waals surface area contributed by atoms with Crippen molar-refractivity contribution >= 4 is 29.2 Å². The number of esters is 1. The largest absolute Gasteiger partial charge is 0.496 e. The monoisotopic (exact) mass is 402 g/mol. The zero-order valence-electron chi connectivity index (χ0n) is 15.5. The Kier molecular flexibility index (Phi) is 7.81. The fourth-order valence-electron chi connectivity index (χ4n) is 2.33. The Hall–Kier alpha value is -3.08. The molecule has 0 spiro atoms. The third-order valence-corrected chi connectivity index (χ3v) is 4.00. The van der Waals surface area contributed by atoms with Crippen LogP contribution in [-0.2, 0) is 20.9 Å². The van der Waals surface area contributed by atoms with E-state index in [0.717, 1.165) is 0 Å². The highest BCUT2D eigenvalue weighted by molar-refractivity contribution is 6.32. The molecule has 8 heteroatoms. The van der Waals surface area contributed by atoms with Gasteiger partial charge in [0.05, 0.1) is 29.9 Å². The summed E-state index contributed by atoms with van der Waals surface area (Å²) in [5.41, 5.74) is 1.68. The van der Waals surface area contributed by atoms with Gasteiger partial charge < -0.3 is 19.5 Å². The van der Waals surface area contributed by atoms with Gasteiger partial charge in [-0.3, -0.25) is 4.79 Å². The van der Waals surface area contributed by atoms with Crippen LogP contribution >= 0.6 is 11.6 Å². The second-order valence-electron chi connectivity index (χ2n) is 5.59. The van der Waals surface area contributed by atoms with Gasteiger partial charge in [0.2, 0.25) is 0 Å². The quantitative estimate of drug-likeness (QED) is 0.678. The van der Waals surface area contributed by atoms with Gasteiger partial charge in [-0.25, -0.2) is 4.79 Å². The average molecular weight is 403 g/mol. The summed E-state index contributed by atoms with van der Waals surface area (Å²) >= 11 is 5.92. The van der Waals surface area contributed by atoms with Crippen LogP contribution in [0.3, 0.4) is 0 Å². The van der Waals surface area contributed by atoms with Crippen molar-refractivity contribution in [1.82, 2.24) is 0 Å². The lowest BCUT2D eigenvalue weighted by Crippen LogP contribution is -2.21. The summed E-state index contributed by atoms with van der Waals surface area (Å²) in [5, 5.41) is 11.6. The molecular weight excluding hydrogens is 384 g/mol. The summed E-state index contributed by atoms with van der Waals surface area (Å²) in [5.74, 6) is -0.578. The molecule has 0 unspecified atom stereocenters. The molecule has 0 aliphatic carbocycles. The third kappa shape index (κ3) is 5.71. The lowest BCUT2D eigenvalue weighted by atomic mass is 10.1. The summed E-state index contributed by atoms with van der Waals surface area (Å²) in [6, 6.07) is 11.2. The highest BCUT2D eigenvalue weighted by Crippen LogP contribution is 2.22. The van der Waals surface area contributed by atoms with E-state index in [2.05, 4.69) is 5.32 Å². The van der Waals surface area contributed by atoms with Crippen molar-refractivity contribution in [2.24, 2.45) is 0 Å². The Morgan fingerprint density at radius 2 is 2.00 bits per heavy atom. The van der Waals surface area contributed by atoms with Crippen molar-refractivity contribution in [3.05, 3.63) is 58.1 Å². The van der Waals surface area contributed by atoms with Crippen LogP contribution in [-0.4, -0.2) is 32.2 Å². The molecule has 0 radical (unpaired) electrons. The molecule has 1 N–H and O–H groups in total. The molecule has 0 saturated heterocycles. The van der Waals surface area contributed by atoms with Gasteiger partial charge in [-0.2, -0.15) is 5.26 Å². The Bertz CT molecular complexity index is 908. The lowest BCUT2D eigenvalue weighted by Gasteiger charge is -2.11. The van der Waals surface area contributed by atoms with Gasteiger partial charge in [-0.1, -0.05) is 11.6 Å². The van der Waals surface area contributed by atoms with Gasteiger partial charge in [0, 0.05) is 17.9 Å². The molecule has 0 aromatic heterocycles. The van der Waals surface area contributed by atoms with Gasteiger partial charge in [-0.05, 0) is 43.3 Å². The minimum absolute atomic E-state index is 0.220. The van der Waals surface area contributed by atoms with Crippen LogP contribution in [0.15, 0.2) is 36.4 Å². The summed E-state index contributed by atoms with van der Waals surface area (Å²) in [6.45, 7) is 2.21. The van der Waals surface area contributed by atoms with E-state index in [9.17, 15) is 9.59 Å². The minimum Gasteiger partial charge on any atom is -0.496 e. The molecule has 0 bridgehead atoms. The van der Waals surface area contributed by atoms with Crippen LogP contribution in [0, 0.1) is 11.3 Å². The maximum Gasteiger partial charge on any atom is 0.338 e. The molecule has 7 nitrogen and oxygen atoms in total. The number of methoxy groups -OCH3 is 1. The summed E-state index contributed by atoms with van der Waals surface area (Å²) < 4.78 is 15.7. The number of carbonyl (C=O) groups excluding carboxylic acids is 2. The van der Waals surface area contributed by atoms with Crippen LogP contribution in [0.5, 0.6) is 5.75 Å². The fraction of sp³-hybridized carbons (Fsp3) is 0.250. The van der Waals surface area contributed by atoms with E-state index in [1.54, 1.807) is 18.2 Å². The molecular formula is C20H19ClN2O5. The van der Waals surface area contributed by atoms with Crippen LogP contribution in [0.4, 0.5) is 5.69 Å². The Morgan fingerprint density at radius 3 is 2.64 bits per heavy atom. The number of amides is 1. The highest BCUT2D eigenvalue weighted by atomic mass is 35.5. The SMILES string of the molecule is CCOCc1cc(C(=O)OCC(=O)Nc2ccc(C#N)c(Cl)c2)ccc1OC. The average Bonchev–Trinajstić information content (AvgIpc) is 2.70. The van der Waals surface area contributed by atoms with E-state index in [1.807, 2.05) is 13.0 Å². The van der Waals surface area contributed by atoms with Crippen molar-refractivity contribution in [2.45, 2.75) is 13.5 Å². The molecule has 2 aromatic carbocycles. The summed E-state index contributed by atoms with van der Waals surface area (Å²) in [4.78, 5) is 24.2. The highest BCUT2D eigenvalue weighted by Gasteiger charge is 2.14. The number of anilines is 1. The molecule has 0 atom stereocenters. The summed E-state index contributed by atoms with van der Waals surface area (Å²) in [6.07, 6.45) is 0. The molecule has 0 aliphatic rings. The fourth-order valence-corrected chi connectivity index (χ4v) is 2.55. The number of nitrogens with one attached hydrogen (secondary N) is 1. The lowest BCUT2D eigenvalue weighted by molar-refractivity contribution is -0.119. The molecule has 146 valence electrons. The van der Waals surface area contributed by atoms with Gasteiger partial charge in [0.15, 0.2) is 6.61 Å². The summed E-state index contributed by atoms with van der Waals surface area (Å²) in [7, 11) is 1.53. The number of ether oxygens (including phenoxy) is 3. The number of benzene rings is 2. The topological polar surface area (TPSA) is 97.6 Å². The first-order valence-corrected chi connectivity index (χ1v) is 8.77. The van der Waals surface area contributed by atoms with Crippen molar-refractivity contribution in [3.63, 3.8) is 0 Å². The Balaban J connectivity index is 1.96. The van der Waals surface area contributed by atoms with Gasteiger partial charge in [0.25, 0.3) is 5.91 Å². The standard InChI is InChI=1S/C20H19ClN2O5/c1-3-27-11-15-8-13(5-7-18(15)26-2)20(25)28-12-19(24)23-16-6-4-14(10-22)17(21)9-16/h4-9H,3,11-12H2,1-2H3,(H,23,24). The van der Waals surface area contributed by atoms with Crippen molar-refractivity contribution in [3.8, 4) is 11.8 Å². The van der Waals surface area contributed by atoms with Gasteiger partial charge in [0.1, 0.15) is 11.8 Å². The van der Waals surface area contributed by atoms with Crippen LogP contribution in [0.1, 0.15) is 28.4 Å². The normalized spacial score (nSPS) is 10.1. The predicted octanol–water partition coefficient (Wildman–Crippen LogP) is 3.55. The molecule has 0 aliphatic heterocycles. The molecule has 0 saturated carbocycles. The molecule has 28 heavy (non-hydrogen) atoms. The number of halogens is 1. The number of nitriles is 1. The number of rotatable bonds is 8. The van der Waals surface area contributed by atoms with E-state index in [4.69, 9.17) is 31.1 Å².